The summed E-state index contributed by atoms with van der Waals surface area (Å²) in [5.74, 6) is -2.43. The van der Waals surface area contributed by atoms with Crippen LogP contribution >= 0.6 is 0 Å². The first-order valence-corrected chi connectivity index (χ1v) is 5.48. The second kappa shape index (κ2) is 6.83. The van der Waals surface area contributed by atoms with Crippen LogP contribution in [0.25, 0.3) is 0 Å². The summed E-state index contributed by atoms with van der Waals surface area (Å²) in [5, 5.41) is 2.49. The van der Waals surface area contributed by atoms with E-state index < -0.39 is 17.6 Å². The first-order chi connectivity index (χ1) is 8.15. The maximum absolute atomic E-state index is 13.2. The first-order valence-electron chi connectivity index (χ1n) is 5.48. The van der Waals surface area contributed by atoms with Gasteiger partial charge in [0.15, 0.2) is 11.6 Å². The minimum absolute atomic E-state index is 0.0440. The van der Waals surface area contributed by atoms with E-state index in [2.05, 4.69) is 5.32 Å². The van der Waals surface area contributed by atoms with Crippen molar-refractivity contribution in [1.29, 1.82) is 0 Å². The van der Waals surface area contributed by atoms with E-state index in [9.17, 15) is 13.6 Å². The Kier molecular flexibility index (Phi) is 5.39. The van der Waals surface area contributed by atoms with Crippen LogP contribution in [0, 0.1) is 11.6 Å². The number of halogens is 2. The number of esters is 1. The number of carbonyl (C=O) groups is 1. The summed E-state index contributed by atoms with van der Waals surface area (Å²) < 4.78 is 30.8. The predicted octanol–water partition coefficient (Wildman–Crippen LogP) is 2.72. The van der Waals surface area contributed by atoms with Crippen molar-refractivity contribution >= 4 is 11.7 Å². The lowest BCUT2D eigenvalue weighted by Crippen LogP contribution is -2.18. The average Bonchev–Trinajstić information content (AvgIpc) is 2.31. The summed E-state index contributed by atoms with van der Waals surface area (Å²) >= 11 is 0. The van der Waals surface area contributed by atoms with Gasteiger partial charge in [0.2, 0.25) is 0 Å². The number of nitrogens with one attached hydrogen (secondary N) is 1. The number of hydrogen-bond donors (Lipinski definition) is 1. The van der Waals surface area contributed by atoms with Gasteiger partial charge in [0.1, 0.15) is 6.54 Å². The van der Waals surface area contributed by atoms with Crippen LogP contribution in [0.15, 0.2) is 18.2 Å². The highest BCUT2D eigenvalue weighted by molar-refractivity contribution is 5.75. The minimum Gasteiger partial charge on any atom is -0.464 e. The molecule has 94 valence electrons. The van der Waals surface area contributed by atoms with E-state index >= 15 is 0 Å². The van der Waals surface area contributed by atoms with E-state index in [0.717, 1.165) is 18.9 Å². The van der Waals surface area contributed by atoms with Crippen molar-refractivity contribution in [3.05, 3.63) is 29.8 Å². The monoisotopic (exact) mass is 243 g/mol. The van der Waals surface area contributed by atoms with Crippen molar-refractivity contribution in [3.63, 3.8) is 0 Å². The Labute approximate surface area is 98.8 Å². The first kappa shape index (κ1) is 13.4. The van der Waals surface area contributed by atoms with Crippen LogP contribution in [0.1, 0.15) is 19.8 Å². The third kappa shape index (κ3) is 4.38. The number of carbonyl (C=O) groups excluding carboxylic acids is 1. The lowest BCUT2D eigenvalue weighted by molar-refractivity contribution is -0.141. The zero-order chi connectivity index (χ0) is 12.7. The highest BCUT2D eigenvalue weighted by Gasteiger charge is 2.09. The summed E-state index contributed by atoms with van der Waals surface area (Å²) in [4.78, 5) is 11.2. The molecule has 3 nitrogen and oxygen atoms in total. The van der Waals surface area contributed by atoms with E-state index in [1.807, 2.05) is 6.92 Å². The molecule has 0 saturated heterocycles. The Morgan fingerprint density at radius 2 is 2.18 bits per heavy atom. The third-order valence-corrected chi connectivity index (χ3v) is 2.14. The van der Waals surface area contributed by atoms with Crippen LogP contribution in [0.2, 0.25) is 0 Å². The number of benzene rings is 1. The van der Waals surface area contributed by atoms with Gasteiger partial charge in [-0.2, -0.15) is 0 Å². The summed E-state index contributed by atoms with van der Waals surface area (Å²) in [5.41, 5.74) is -0.0440. The molecule has 0 atom stereocenters. The molecule has 0 aromatic heterocycles. The van der Waals surface area contributed by atoms with Crippen molar-refractivity contribution in [2.24, 2.45) is 0 Å². The smallest absolute Gasteiger partial charge is 0.325 e. The Morgan fingerprint density at radius 3 is 2.88 bits per heavy atom. The molecule has 0 bridgehead atoms. The topological polar surface area (TPSA) is 38.3 Å². The maximum atomic E-state index is 13.2. The van der Waals surface area contributed by atoms with Crippen molar-refractivity contribution in [1.82, 2.24) is 0 Å². The molecule has 0 aliphatic rings. The molecule has 0 spiro atoms. The molecule has 0 aliphatic heterocycles. The van der Waals surface area contributed by atoms with E-state index in [4.69, 9.17) is 4.74 Å². The largest absolute Gasteiger partial charge is 0.464 e. The predicted molar refractivity (Wildman–Crippen MR) is 60.7 cm³/mol. The second-order valence-corrected chi connectivity index (χ2v) is 3.53. The average molecular weight is 243 g/mol. The highest BCUT2D eigenvalue weighted by Crippen LogP contribution is 2.15. The van der Waals surface area contributed by atoms with Gasteiger partial charge in [0.05, 0.1) is 12.3 Å². The van der Waals surface area contributed by atoms with Crippen LogP contribution in [-0.2, 0) is 9.53 Å². The van der Waals surface area contributed by atoms with Crippen LogP contribution < -0.4 is 5.32 Å². The van der Waals surface area contributed by atoms with Gasteiger partial charge in [-0.25, -0.2) is 8.78 Å². The van der Waals surface area contributed by atoms with Gasteiger partial charge in [-0.3, -0.25) is 4.79 Å². The number of unbranched alkanes of at least 4 members (excludes halogenated alkanes) is 1. The van der Waals surface area contributed by atoms with Gasteiger partial charge < -0.3 is 10.1 Å². The Morgan fingerprint density at radius 1 is 1.41 bits per heavy atom. The normalized spacial score (nSPS) is 10.1. The molecule has 1 aromatic carbocycles. The molecule has 0 aliphatic carbocycles. The van der Waals surface area contributed by atoms with Crippen LogP contribution in [0.3, 0.4) is 0 Å². The van der Waals surface area contributed by atoms with Crippen molar-refractivity contribution in [3.8, 4) is 0 Å². The molecule has 1 aromatic rings. The van der Waals surface area contributed by atoms with E-state index in [-0.39, 0.29) is 12.2 Å². The van der Waals surface area contributed by atoms with Crippen molar-refractivity contribution in [2.75, 3.05) is 18.5 Å². The fraction of sp³-hybridized carbons (Fsp3) is 0.417. The molecule has 17 heavy (non-hydrogen) atoms. The molecular weight excluding hydrogens is 228 g/mol. The molecule has 0 heterocycles. The summed E-state index contributed by atoms with van der Waals surface area (Å²) in [6.07, 6.45) is 1.72. The van der Waals surface area contributed by atoms with Crippen molar-refractivity contribution in [2.45, 2.75) is 19.8 Å². The van der Waals surface area contributed by atoms with Crippen LogP contribution in [0.5, 0.6) is 0 Å². The quantitative estimate of drug-likeness (QED) is 0.616. The minimum atomic E-state index is -0.992. The SMILES string of the molecule is CCCCOC(=O)CNc1cccc(F)c1F. The molecule has 1 N–H and O–H groups in total. The van der Waals surface area contributed by atoms with Crippen LogP contribution in [-0.4, -0.2) is 19.1 Å². The van der Waals surface area contributed by atoms with Gasteiger partial charge in [0.25, 0.3) is 0 Å². The molecule has 0 unspecified atom stereocenters. The number of anilines is 1. The molecule has 5 heteroatoms. The zero-order valence-electron chi connectivity index (χ0n) is 9.63. The lowest BCUT2D eigenvalue weighted by Gasteiger charge is -2.07. The van der Waals surface area contributed by atoms with Gasteiger partial charge in [0, 0.05) is 0 Å². The van der Waals surface area contributed by atoms with Gasteiger partial charge in [-0.05, 0) is 18.6 Å². The third-order valence-electron chi connectivity index (χ3n) is 2.14. The van der Waals surface area contributed by atoms with E-state index in [1.165, 1.54) is 12.1 Å². The number of ether oxygens (including phenoxy) is 1. The van der Waals surface area contributed by atoms with Gasteiger partial charge >= 0.3 is 5.97 Å². The maximum Gasteiger partial charge on any atom is 0.325 e. The number of rotatable bonds is 6. The molecule has 1 rings (SSSR count). The molecule has 0 saturated carbocycles. The summed E-state index contributed by atoms with van der Waals surface area (Å²) in [6, 6.07) is 3.74. The van der Waals surface area contributed by atoms with E-state index in [0.29, 0.717) is 6.61 Å². The van der Waals surface area contributed by atoms with Gasteiger partial charge in [-0.15, -0.1) is 0 Å². The second-order valence-electron chi connectivity index (χ2n) is 3.53. The van der Waals surface area contributed by atoms with Crippen LogP contribution in [0.4, 0.5) is 14.5 Å². The zero-order valence-corrected chi connectivity index (χ0v) is 9.63. The standard InChI is InChI=1S/C12H15F2NO2/c1-2-3-7-17-11(16)8-15-10-6-4-5-9(13)12(10)14/h4-6,15H,2-3,7-8H2,1H3. The Balaban J connectivity index is 2.39. The molecule has 0 fully saturated rings. The molecular formula is C12H15F2NO2. The molecule has 0 amide bonds. The highest BCUT2D eigenvalue weighted by atomic mass is 19.2. The molecule has 0 radical (unpaired) electrons. The fourth-order valence-electron chi connectivity index (χ4n) is 1.19. The summed E-state index contributed by atoms with van der Waals surface area (Å²) in [7, 11) is 0. The number of hydrogen-bond acceptors (Lipinski definition) is 3. The fourth-order valence-corrected chi connectivity index (χ4v) is 1.19. The van der Waals surface area contributed by atoms with Gasteiger partial charge in [-0.1, -0.05) is 19.4 Å². The van der Waals surface area contributed by atoms with Crippen molar-refractivity contribution < 1.29 is 18.3 Å². The van der Waals surface area contributed by atoms with E-state index in [1.54, 1.807) is 0 Å². The summed E-state index contributed by atoms with van der Waals surface area (Å²) in [6.45, 7) is 2.15. The lowest BCUT2D eigenvalue weighted by atomic mass is 10.3. The Bertz CT molecular complexity index is 383. The Hall–Kier alpha value is -1.65.